The highest BCUT2D eigenvalue weighted by molar-refractivity contribution is 7.92. The van der Waals surface area contributed by atoms with Gasteiger partial charge in [0.1, 0.15) is 4.90 Å². The third-order valence-corrected chi connectivity index (χ3v) is 4.49. The number of nitrogens with two attached hydrogens (primary N) is 1. The molecule has 0 aliphatic rings. The second-order valence-corrected chi connectivity index (χ2v) is 6.17. The van der Waals surface area contributed by atoms with Crippen LogP contribution in [-0.4, -0.2) is 8.42 Å². The smallest absolute Gasteiger partial charge is 0.263 e. The number of rotatable bonds is 3. The zero-order valence-electron chi connectivity index (χ0n) is 10.2. The predicted molar refractivity (Wildman–Crippen MR) is 77.9 cm³/mol. The van der Waals surface area contributed by atoms with Gasteiger partial charge in [0.25, 0.3) is 10.0 Å². The van der Waals surface area contributed by atoms with E-state index in [9.17, 15) is 8.42 Å². The third kappa shape index (κ3) is 3.00. The first-order chi connectivity index (χ1) is 8.90. The van der Waals surface area contributed by atoms with Gasteiger partial charge in [-0.15, -0.1) is 0 Å². The van der Waals surface area contributed by atoms with E-state index in [2.05, 4.69) is 4.72 Å². The molecule has 0 atom stereocenters. The van der Waals surface area contributed by atoms with E-state index in [4.69, 9.17) is 17.3 Å². The molecular formula is C13H13ClN2O2S. The summed E-state index contributed by atoms with van der Waals surface area (Å²) in [5.74, 6) is 0. The van der Waals surface area contributed by atoms with Gasteiger partial charge in [-0.25, -0.2) is 8.42 Å². The van der Waals surface area contributed by atoms with Crippen molar-refractivity contribution in [1.29, 1.82) is 0 Å². The van der Waals surface area contributed by atoms with Crippen LogP contribution in [0.25, 0.3) is 0 Å². The number of sulfonamides is 1. The fraction of sp³-hybridized carbons (Fsp3) is 0.0769. The minimum atomic E-state index is -3.70. The van der Waals surface area contributed by atoms with Crippen LogP contribution in [0.3, 0.4) is 0 Å². The van der Waals surface area contributed by atoms with E-state index < -0.39 is 10.0 Å². The molecule has 2 aromatic rings. The Morgan fingerprint density at radius 1 is 1.16 bits per heavy atom. The molecule has 0 fully saturated rings. The fourth-order valence-electron chi connectivity index (χ4n) is 1.66. The Labute approximate surface area is 117 Å². The molecular weight excluding hydrogens is 284 g/mol. The molecule has 0 saturated heterocycles. The number of aryl methyl sites for hydroxylation is 1. The maximum Gasteiger partial charge on any atom is 0.263 e. The quantitative estimate of drug-likeness (QED) is 0.855. The second-order valence-electron chi connectivity index (χ2n) is 4.11. The Hall–Kier alpha value is -1.72. The van der Waals surface area contributed by atoms with E-state index >= 15 is 0 Å². The Kier molecular flexibility index (Phi) is 3.68. The molecule has 100 valence electrons. The van der Waals surface area contributed by atoms with Crippen LogP contribution >= 0.6 is 11.6 Å². The molecule has 0 spiro atoms. The molecule has 0 aliphatic carbocycles. The zero-order valence-corrected chi connectivity index (χ0v) is 11.8. The summed E-state index contributed by atoms with van der Waals surface area (Å²) in [6.07, 6.45) is 0. The first-order valence-electron chi connectivity index (χ1n) is 5.53. The molecule has 19 heavy (non-hydrogen) atoms. The number of hydrogen-bond acceptors (Lipinski definition) is 3. The third-order valence-electron chi connectivity index (χ3n) is 2.62. The maximum atomic E-state index is 12.2. The number of nitrogens with one attached hydrogen (secondary N) is 1. The van der Waals surface area contributed by atoms with Gasteiger partial charge in [-0.2, -0.15) is 0 Å². The van der Waals surface area contributed by atoms with Crippen molar-refractivity contribution in [3.8, 4) is 0 Å². The Balaban J connectivity index is 2.40. The zero-order chi connectivity index (χ0) is 14.0. The summed E-state index contributed by atoms with van der Waals surface area (Å²) in [7, 11) is -3.70. The molecule has 3 N–H and O–H groups in total. The fourth-order valence-corrected chi connectivity index (χ4v) is 3.32. The summed E-state index contributed by atoms with van der Waals surface area (Å²) >= 11 is 5.90. The number of benzene rings is 2. The monoisotopic (exact) mass is 296 g/mol. The SMILES string of the molecule is Cc1cc(N)ccc1NS(=O)(=O)c1ccccc1Cl. The van der Waals surface area contributed by atoms with E-state index in [1.807, 2.05) is 0 Å². The summed E-state index contributed by atoms with van der Waals surface area (Å²) in [5, 5.41) is 0.183. The molecule has 0 saturated carbocycles. The Morgan fingerprint density at radius 3 is 2.47 bits per heavy atom. The molecule has 0 aromatic heterocycles. The number of nitrogen functional groups attached to an aromatic ring is 1. The lowest BCUT2D eigenvalue weighted by molar-refractivity contribution is 0.601. The van der Waals surface area contributed by atoms with Crippen LogP contribution in [0, 0.1) is 6.92 Å². The number of halogens is 1. The van der Waals surface area contributed by atoms with E-state index in [1.165, 1.54) is 12.1 Å². The normalized spacial score (nSPS) is 11.3. The van der Waals surface area contributed by atoms with Crippen molar-refractivity contribution in [2.24, 2.45) is 0 Å². The van der Waals surface area contributed by atoms with Gasteiger partial charge in [-0.3, -0.25) is 4.72 Å². The van der Waals surface area contributed by atoms with Gasteiger partial charge in [-0.05, 0) is 42.8 Å². The lowest BCUT2D eigenvalue weighted by Crippen LogP contribution is -2.14. The molecule has 2 aromatic carbocycles. The van der Waals surface area contributed by atoms with E-state index in [1.54, 1.807) is 37.3 Å². The van der Waals surface area contributed by atoms with Crippen molar-refractivity contribution in [1.82, 2.24) is 0 Å². The highest BCUT2D eigenvalue weighted by Gasteiger charge is 2.18. The van der Waals surface area contributed by atoms with Crippen molar-refractivity contribution in [3.05, 3.63) is 53.1 Å². The molecule has 0 heterocycles. The molecule has 0 radical (unpaired) electrons. The Morgan fingerprint density at radius 2 is 1.84 bits per heavy atom. The molecule has 0 amide bonds. The maximum absolute atomic E-state index is 12.2. The summed E-state index contributed by atoms with van der Waals surface area (Å²) in [6.45, 7) is 1.78. The van der Waals surface area contributed by atoms with Crippen LogP contribution < -0.4 is 10.5 Å². The van der Waals surface area contributed by atoms with E-state index in [-0.39, 0.29) is 9.92 Å². The lowest BCUT2D eigenvalue weighted by Gasteiger charge is -2.11. The van der Waals surface area contributed by atoms with Gasteiger partial charge in [0.15, 0.2) is 0 Å². The average Bonchev–Trinajstić information content (AvgIpc) is 2.33. The first kappa shape index (κ1) is 13.7. The van der Waals surface area contributed by atoms with Crippen LogP contribution in [0.2, 0.25) is 5.02 Å². The molecule has 0 bridgehead atoms. The van der Waals surface area contributed by atoms with Crippen molar-refractivity contribution < 1.29 is 8.42 Å². The summed E-state index contributed by atoms with van der Waals surface area (Å²) in [4.78, 5) is 0.0490. The Bertz CT molecular complexity index is 714. The highest BCUT2D eigenvalue weighted by Crippen LogP contribution is 2.25. The highest BCUT2D eigenvalue weighted by atomic mass is 35.5. The van der Waals surface area contributed by atoms with Crippen LogP contribution in [0.5, 0.6) is 0 Å². The van der Waals surface area contributed by atoms with Crippen LogP contribution in [0.1, 0.15) is 5.56 Å². The average molecular weight is 297 g/mol. The van der Waals surface area contributed by atoms with Gasteiger partial charge in [0.2, 0.25) is 0 Å². The van der Waals surface area contributed by atoms with Crippen molar-refractivity contribution in [2.45, 2.75) is 11.8 Å². The van der Waals surface area contributed by atoms with E-state index in [0.29, 0.717) is 11.4 Å². The van der Waals surface area contributed by atoms with Crippen LogP contribution in [0.15, 0.2) is 47.4 Å². The van der Waals surface area contributed by atoms with Gasteiger partial charge >= 0.3 is 0 Å². The molecule has 0 unspecified atom stereocenters. The van der Waals surface area contributed by atoms with Crippen molar-refractivity contribution in [2.75, 3.05) is 10.5 Å². The van der Waals surface area contributed by atoms with Gasteiger partial charge in [0, 0.05) is 5.69 Å². The molecule has 2 rings (SSSR count). The largest absolute Gasteiger partial charge is 0.399 e. The van der Waals surface area contributed by atoms with Crippen molar-refractivity contribution in [3.63, 3.8) is 0 Å². The number of anilines is 2. The first-order valence-corrected chi connectivity index (χ1v) is 7.40. The molecule has 4 nitrogen and oxygen atoms in total. The van der Waals surface area contributed by atoms with E-state index in [0.717, 1.165) is 5.56 Å². The van der Waals surface area contributed by atoms with Gasteiger partial charge < -0.3 is 5.73 Å². The lowest BCUT2D eigenvalue weighted by atomic mass is 10.2. The topological polar surface area (TPSA) is 72.2 Å². The van der Waals surface area contributed by atoms with Gasteiger partial charge in [-0.1, -0.05) is 23.7 Å². The second kappa shape index (κ2) is 5.11. The standard InChI is InChI=1S/C13H13ClN2O2S/c1-9-8-10(15)6-7-12(9)16-19(17,18)13-5-3-2-4-11(13)14/h2-8,16H,15H2,1H3. The summed E-state index contributed by atoms with van der Waals surface area (Å²) < 4.78 is 27.0. The number of hydrogen-bond donors (Lipinski definition) is 2. The van der Waals surface area contributed by atoms with Crippen LogP contribution in [-0.2, 0) is 10.0 Å². The minimum absolute atomic E-state index is 0.0490. The van der Waals surface area contributed by atoms with Crippen molar-refractivity contribution >= 4 is 33.0 Å². The predicted octanol–water partition coefficient (Wildman–Crippen LogP) is 3.03. The minimum Gasteiger partial charge on any atom is -0.399 e. The van der Waals surface area contributed by atoms with Crippen LogP contribution in [0.4, 0.5) is 11.4 Å². The van der Waals surface area contributed by atoms with Gasteiger partial charge in [0.05, 0.1) is 10.7 Å². The summed E-state index contributed by atoms with van der Waals surface area (Å²) in [5.41, 5.74) is 7.44. The molecule has 6 heteroatoms. The molecule has 0 aliphatic heterocycles. The summed E-state index contributed by atoms with van der Waals surface area (Å²) in [6, 6.07) is 11.2.